The fourth-order valence-electron chi connectivity index (χ4n) is 8.78. The van der Waals surface area contributed by atoms with E-state index >= 15 is 0 Å². The number of aliphatic hydroxyl groups excluding tert-OH is 4. The van der Waals surface area contributed by atoms with Crippen molar-refractivity contribution in [3.8, 4) is 0 Å². The van der Waals surface area contributed by atoms with E-state index in [1.54, 1.807) is 6.92 Å². The lowest BCUT2D eigenvalue weighted by atomic mass is 9.47. The Morgan fingerprint density at radius 1 is 1.06 bits per heavy atom. The van der Waals surface area contributed by atoms with Crippen molar-refractivity contribution in [2.45, 2.75) is 109 Å². The summed E-state index contributed by atoms with van der Waals surface area (Å²) in [6.07, 6.45) is 4.32. The molecule has 34 heavy (non-hydrogen) atoms. The number of hydrogen-bond donors (Lipinski definition) is 4. The van der Waals surface area contributed by atoms with E-state index in [-0.39, 0.29) is 22.9 Å². The summed E-state index contributed by atoms with van der Waals surface area (Å²) in [7, 11) is 0. The number of ketones is 1. The average Bonchev–Trinajstić information content (AvgIpc) is 3.17. The van der Waals surface area contributed by atoms with E-state index in [1.807, 2.05) is 0 Å². The van der Waals surface area contributed by atoms with E-state index in [1.165, 1.54) is 18.4 Å². The summed E-state index contributed by atoms with van der Waals surface area (Å²) in [6.45, 7) is 6.12. The standard InChI is InChI=1S/C27H42O7/c1-14(29)18-6-7-19-17-5-4-15-12-16(8-10-26(15,2)20(17)9-11-27(18,19)3)33-25-24(32)23(31)22(30)21(13-28)34-25/h4,16-25,28,30-32H,5-13H2,1-3H3/t16-,17+,18+,19+,20+,21+,22+,23-,24+,25+,26-,27+/m0/s1. The molecule has 4 fully saturated rings. The molecule has 0 aromatic rings. The van der Waals surface area contributed by atoms with Gasteiger partial charge in [0.1, 0.15) is 30.2 Å². The van der Waals surface area contributed by atoms with Crippen LogP contribution in [0.25, 0.3) is 0 Å². The van der Waals surface area contributed by atoms with Crippen LogP contribution in [0.3, 0.4) is 0 Å². The van der Waals surface area contributed by atoms with Crippen LogP contribution in [0.15, 0.2) is 11.6 Å². The monoisotopic (exact) mass is 478 g/mol. The summed E-state index contributed by atoms with van der Waals surface area (Å²) in [5.41, 5.74) is 1.71. The van der Waals surface area contributed by atoms with Gasteiger partial charge >= 0.3 is 0 Å². The number of carbonyl (C=O) groups excluding carboxylic acids is 1. The molecule has 4 N–H and O–H groups in total. The van der Waals surface area contributed by atoms with E-state index in [4.69, 9.17) is 9.47 Å². The highest BCUT2D eigenvalue weighted by molar-refractivity contribution is 5.79. The molecule has 0 bridgehead atoms. The Bertz CT molecular complexity index is 826. The van der Waals surface area contributed by atoms with Gasteiger partial charge in [0.05, 0.1) is 12.7 Å². The van der Waals surface area contributed by atoms with Crippen molar-refractivity contribution in [3.63, 3.8) is 0 Å². The maximum Gasteiger partial charge on any atom is 0.186 e. The summed E-state index contributed by atoms with van der Waals surface area (Å²) >= 11 is 0. The third-order valence-corrected chi connectivity index (χ3v) is 10.7. The first kappa shape index (κ1) is 24.8. The molecule has 1 heterocycles. The molecule has 1 aliphatic heterocycles. The highest BCUT2D eigenvalue weighted by Gasteiger charge is 2.59. The van der Waals surface area contributed by atoms with E-state index in [0.29, 0.717) is 23.5 Å². The van der Waals surface area contributed by atoms with Crippen LogP contribution in [0.5, 0.6) is 0 Å². The topological polar surface area (TPSA) is 116 Å². The molecule has 0 unspecified atom stereocenters. The summed E-state index contributed by atoms with van der Waals surface area (Å²) in [4.78, 5) is 12.4. The lowest BCUT2D eigenvalue weighted by molar-refractivity contribution is -0.313. The van der Waals surface area contributed by atoms with Gasteiger partial charge in [-0.3, -0.25) is 4.79 Å². The molecule has 5 aliphatic rings. The maximum atomic E-state index is 12.4. The van der Waals surface area contributed by atoms with Crippen molar-refractivity contribution < 1.29 is 34.7 Å². The predicted octanol–water partition coefficient (Wildman–Crippen LogP) is 2.34. The number of ether oxygens (including phenoxy) is 2. The second kappa shape index (κ2) is 8.93. The van der Waals surface area contributed by atoms with Gasteiger partial charge in [-0.1, -0.05) is 25.5 Å². The van der Waals surface area contributed by atoms with Gasteiger partial charge in [0.15, 0.2) is 6.29 Å². The predicted molar refractivity (Wildman–Crippen MR) is 125 cm³/mol. The number of fused-ring (bicyclic) bond motifs is 5. The number of hydrogen-bond acceptors (Lipinski definition) is 7. The molecule has 0 amide bonds. The third kappa shape index (κ3) is 3.73. The highest BCUT2D eigenvalue weighted by Crippen LogP contribution is 2.66. The lowest BCUT2D eigenvalue weighted by Crippen LogP contribution is -2.60. The molecule has 7 heteroatoms. The molecule has 3 saturated carbocycles. The third-order valence-electron chi connectivity index (χ3n) is 10.7. The fourth-order valence-corrected chi connectivity index (χ4v) is 8.78. The molecule has 12 atom stereocenters. The molecule has 5 rings (SSSR count). The van der Waals surface area contributed by atoms with Crippen molar-refractivity contribution in [3.05, 3.63) is 11.6 Å². The van der Waals surface area contributed by atoms with Crippen LogP contribution in [0, 0.1) is 34.5 Å². The molecule has 7 nitrogen and oxygen atoms in total. The van der Waals surface area contributed by atoms with Crippen LogP contribution >= 0.6 is 0 Å². The second-order valence-electron chi connectivity index (χ2n) is 12.2. The highest BCUT2D eigenvalue weighted by atomic mass is 16.7. The Morgan fingerprint density at radius 3 is 2.53 bits per heavy atom. The molecule has 192 valence electrons. The molecule has 4 aliphatic carbocycles. The molecular formula is C27H42O7. The zero-order valence-electron chi connectivity index (χ0n) is 20.7. The van der Waals surface area contributed by atoms with Gasteiger partial charge in [0.2, 0.25) is 0 Å². The van der Waals surface area contributed by atoms with Crippen LogP contribution in [0.1, 0.15) is 72.1 Å². The van der Waals surface area contributed by atoms with Crippen molar-refractivity contribution in [1.82, 2.24) is 0 Å². The first-order chi connectivity index (χ1) is 16.1. The second-order valence-corrected chi connectivity index (χ2v) is 12.2. The first-order valence-corrected chi connectivity index (χ1v) is 13.3. The molecule has 0 aromatic heterocycles. The van der Waals surface area contributed by atoms with Crippen molar-refractivity contribution in [1.29, 1.82) is 0 Å². The normalized spacial score (nSPS) is 52.9. The Kier molecular flexibility index (Phi) is 6.52. The van der Waals surface area contributed by atoms with Crippen molar-refractivity contribution >= 4 is 5.78 Å². The van der Waals surface area contributed by atoms with Gasteiger partial charge in [0.25, 0.3) is 0 Å². The van der Waals surface area contributed by atoms with Gasteiger partial charge in [-0.25, -0.2) is 0 Å². The van der Waals surface area contributed by atoms with Crippen LogP contribution in [0.4, 0.5) is 0 Å². The number of aliphatic hydroxyl groups is 4. The van der Waals surface area contributed by atoms with Crippen molar-refractivity contribution in [2.75, 3.05) is 6.61 Å². The van der Waals surface area contributed by atoms with Gasteiger partial charge in [-0.15, -0.1) is 0 Å². The minimum absolute atomic E-state index is 0.133. The molecule has 0 aromatic carbocycles. The Labute approximate surface area is 202 Å². The number of carbonyl (C=O) groups is 1. The maximum absolute atomic E-state index is 12.4. The van der Waals surface area contributed by atoms with Gasteiger partial charge < -0.3 is 29.9 Å². The van der Waals surface area contributed by atoms with Crippen LogP contribution in [-0.2, 0) is 14.3 Å². The quantitative estimate of drug-likeness (QED) is 0.458. The molecule has 1 saturated heterocycles. The molecule has 0 spiro atoms. The van der Waals surface area contributed by atoms with Gasteiger partial charge in [-0.05, 0) is 86.9 Å². The molecular weight excluding hydrogens is 436 g/mol. The summed E-state index contributed by atoms with van der Waals surface area (Å²) < 4.78 is 11.7. The Hall–Kier alpha value is -0.830. The zero-order chi connectivity index (χ0) is 24.4. The largest absolute Gasteiger partial charge is 0.394 e. The number of Topliss-reactive ketones (excluding diaryl/α,β-unsaturated/α-hetero) is 1. The van der Waals surface area contributed by atoms with E-state index in [9.17, 15) is 25.2 Å². The first-order valence-electron chi connectivity index (χ1n) is 13.3. The Balaban J connectivity index is 1.29. The number of rotatable bonds is 4. The van der Waals surface area contributed by atoms with E-state index in [0.717, 1.165) is 38.5 Å². The van der Waals surface area contributed by atoms with Crippen molar-refractivity contribution in [2.24, 2.45) is 34.5 Å². The van der Waals surface area contributed by atoms with E-state index < -0.39 is 37.3 Å². The summed E-state index contributed by atoms with van der Waals surface area (Å²) in [5.74, 6) is 2.48. The minimum atomic E-state index is -1.42. The lowest BCUT2D eigenvalue weighted by Gasteiger charge is -2.58. The summed E-state index contributed by atoms with van der Waals surface area (Å²) in [6, 6.07) is 0. The Morgan fingerprint density at radius 2 is 1.82 bits per heavy atom. The fraction of sp³-hybridized carbons (Fsp3) is 0.889. The molecule has 0 radical (unpaired) electrons. The van der Waals surface area contributed by atoms with Crippen LogP contribution in [0.2, 0.25) is 0 Å². The minimum Gasteiger partial charge on any atom is -0.394 e. The zero-order valence-corrected chi connectivity index (χ0v) is 20.7. The SMILES string of the molecule is CC(=O)[C@H]1CC[C@@H]2[C@H]3CC=C4C[C@@H](O[C@@H]5O[C@H](CO)[C@@H](O)[C@H](O)[C@H]5O)CC[C@]4(C)[C@@H]3CC[C@]12C. The van der Waals surface area contributed by atoms with E-state index in [2.05, 4.69) is 19.9 Å². The van der Waals surface area contributed by atoms with Gasteiger partial charge in [-0.2, -0.15) is 0 Å². The smallest absolute Gasteiger partial charge is 0.186 e. The van der Waals surface area contributed by atoms with Gasteiger partial charge in [0, 0.05) is 5.92 Å². The van der Waals surface area contributed by atoms with Crippen LogP contribution in [-0.4, -0.2) is 69.6 Å². The summed E-state index contributed by atoms with van der Waals surface area (Å²) in [5, 5.41) is 40.0. The van der Waals surface area contributed by atoms with Crippen LogP contribution < -0.4 is 0 Å². The average molecular weight is 479 g/mol. The number of allylic oxidation sites excluding steroid dienone is 1.